The molecule has 7 nitrogen and oxygen atoms in total. The van der Waals surface area contributed by atoms with Crippen molar-refractivity contribution >= 4 is 32.9 Å². The highest BCUT2D eigenvalue weighted by atomic mass is 32.2. The van der Waals surface area contributed by atoms with Crippen LogP contribution in [0.4, 0.5) is 24.5 Å². The number of halogens is 3. The lowest BCUT2D eigenvalue weighted by Gasteiger charge is -2.42. The van der Waals surface area contributed by atoms with Crippen molar-refractivity contribution in [2.75, 3.05) is 35.6 Å². The standard InChI is InChI=1S/C25H25F3N2O5S/c1-30-21-4-2-3-20(19(21)7-12-36(30,32)33)29-23(31)13-16-15-24(8-10-34-11-9-24)35-22-14-17(25(26,27)28)5-6-18(16)22/h2-6,13-14H,7-12,15H2,1H3,(H,29,31)/b16-13+. The number of anilines is 2. The number of ether oxygens (including phenoxy) is 2. The zero-order valence-corrected chi connectivity index (χ0v) is 20.3. The van der Waals surface area contributed by atoms with Gasteiger partial charge in [0.15, 0.2) is 0 Å². The molecule has 0 aliphatic carbocycles. The van der Waals surface area contributed by atoms with Crippen molar-refractivity contribution < 1.29 is 35.9 Å². The number of fused-ring (bicyclic) bond motifs is 2. The normalized spacial score (nSPS) is 21.4. The van der Waals surface area contributed by atoms with Crippen LogP contribution in [-0.2, 0) is 32.2 Å². The lowest BCUT2D eigenvalue weighted by atomic mass is 9.81. The lowest BCUT2D eigenvalue weighted by molar-refractivity contribution is -0.138. The van der Waals surface area contributed by atoms with E-state index in [1.54, 1.807) is 18.2 Å². The molecule has 11 heteroatoms. The van der Waals surface area contributed by atoms with Crippen LogP contribution in [0.5, 0.6) is 5.75 Å². The SMILES string of the molecule is CN1c2cccc(NC(=O)/C=C3\CC4(CCOCC4)Oc4cc(C(F)(F)F)ccc43)c2CCS1(=O)=O. The van der Waals surface area contributed by atoms with Crippen molar-refractivity contribution in [1.29, 1.82) is 0 Å². The van der Waals surface area contributed by atoms with Gasteiger partial charge < -0.3 is 14.8 Å². The number of carbonyl (C=O) groups excluding carboxylic acids is 1. The second kappa shape index (κ2) is 8.81. The van der Waals surface area contributed by atoms with Gasteiger partial charge in [-0.05, 0) is 36.3 Å². The van der Waals surface area contributed by atoms with Crippen molar-refractivity contribution in [2.24, 2.45) is 0 Å². The molecule has 0 bridgehead atoms. The number of carbonyl (C=O) groups is 1. The number of hydrogen-bond donors (Lipinski definition) is 1. The van der Waals surface area contributed by atoms with E-state index in [1.807, 2.05) is 0 Å². The average Bonchev–Trinajstić information content (AvgIpc) is 2.81. The van der Waals surface area contributed by atoms with Crippen LogP contribution >= 0.6 is 0 Å². The summed E-state index contributed by atoms with van der Waals surface area (Å²) in [5.41, 5.74) is 1.17. The van der Waals surface area contributed by atoms with E-state index < -0.39 is 33.3 Å². The molecule has 192 valence electrons. The first-order valence-corrected chi connectivity index (χ1v) is 13.2. The molecule has 3 heterocycles. The quantitative estimate of drug-likeness (QED) is 0.592. The Labute approximate surface area is 206 Å². The van der Waals surface area contributed by atoms with Gasteiger partial charge in [0.05, 0.1) is 30.2 Å². The molecule has 3 aliphatic heterocycles. The van der Waals surface area contributed by atoms with Crippen molar-refractivity contribution in [3.8, 4) is 5.75 Å². The van der Waals surface area contributed by atoms with E-state index in [1.165, 1.54) is 23.5 Å². The maximum Gasteiger partial charge on any atom is 0.416 e. The Balaban J connectivity index is 1.48. The van der Waals surface area contributed by atoms with Gasteiger partial charge in [0, 0.05) is 49.2 Å². The Kier molecular flexibility index (Phi) is 6.03. The maximum atomic E-state index is 13.4. The molecule has 1 spiro atoms. The Morgan fingerprint density at radius 1 is 1.17 bits per heavy atom. The van der Waals surface area contributed by atoms with Gasteiger partial charge in [0.1, 0.15) is 11.4 Å². The molecule has 0 atom stereocenters. The summed E-state index contributed by atoms with van der Waals surface area (Å²) in [7, 11) is -1.93. The maximum absolute atomic E-state index is 13.4. The molecular formula is C25H25F3N2O5S. The van der Waals surface area contributed by atoms with Gasteiger partial charge in [0.25, 0.3) is 0 Å². The smallest absolute Gasteiger partial charge is 0.416 e. The first-order valence-electron chi connectivity index (χ1n) is 11.6. The average molecular weight is 523 g/mol. The van der Waals surface area contributed by atoms with Gasteiger partial charge in [-0.15, -0.1) is 0 Å². The number of amides is 1. The number of hydrogen-bond acceptors (Lipinski definition) is 5. The summed E-state index contributed by atoms with van der Waals surface area (Å²) in [6.07, 6.45) is -1.52. The van der Waals surface area contributed by atoms with E-state index in [-0.39, 0.29) is 17.9 Å². The molecule has 1 amide bonds. The van der Waals surface area contributed by atoms with Crippen molar-refractivity contribution in [1.82, 2.24) is 0 Å². The third-order valence-corrected chi connectivity index (χ3v) is 8.73. The van der Waals surface area contributed by atoms with Crippen LogP contribution in [0.1, 0.15) is 36.0 Å². The number of sulfonamides is 1. The minimum Gasteiger partial charge on any atom is -0.486 e. The molecule has 2 aromatic rings. The molecule has 1 fully saturated rings. The zero-order valence-electron chi connectivity index (χ0n) is 19.5. The monoisotopic (exact) mass is 522 g/mol. The number of benzene rings is 2. The fraction of sp³-hybridized carbons (Fsp3) is 0.400. The topological polar surface area (TPSA) is 84.9 Å². The van der Waals surface area contributed by atoms with Crippen molar-refractivity contribution in [3.05, 3.63) is 59.2 Å². The fourth-order valence-electron chi connectivity index (χ4n) is 5.01. The lowest BCUT2D eigenvalue weighted by Crippen LogP contribution is -2.44. The minimum absolute atomic E-state index is 0.0681. The summed E-state index contributed by atoms with van der Waals surface area (Å²) in [6, 6.07) is 8.36. The minimum atomic E-state index is -4.52. The highest BCUT2D eigenvalue weighted by molar-refractivity contribution is 7.92. The Morgan fingerprint density at radius 2 is 1.92 bits per heavy atom. The van der Waals surface area contributed by atoms with Gasteiger partial charge in [-0.25, -0.2) is 8.42 Å². The van der Waals surface area contributed by atoms with E-state index in [0.29, 0.717) is 60.6 Å². The Bertz CT molecular complexity index is 1350. The highest BCUT2D eigenvalue weighted by Gasteiger charge is 2.41. The second-order valence-corrected chi connectivity index (χ2v) is 11.4. The van der Waals surface area contributed by atoms with Crippen LogP contribution in [0.25, 0.3) is 5.57 Å². The second-order valence-electron chi connectivity index (χ2n) is 9.28. The van der Waals surface area contributed by atoms with Crippen LogP contribution in [0.15, 0.2) is 42.5 Å². The molecule has 3 aliphatic rings. The molecule has 0 unspecified atom stereocenters. The largest absolute Gasteiger partial charge is 0.486 e. The summed E-state index contributed by atoms with van der Waals surface area (Å²) >= 11 is 0. The number of rotatable bonds is 2. The van der Waals surface area contributed by atoms with E-state index in [9.17, 15) is 26.4 Å². The number of alkyl halides is 3. The number of nitrogens with one attached hydrogen (secondary N) is 1. The predicted octanol–water partition coefficient (Wildman–Crippen LogP) is 4.38. The van der Waals surface area contributed by atoms with Gasteiger partial charge in [-0.3, -0.25) is 9.10 Å². The van der Waals surface area contributed by atoms with Gasteiger partial charge in [-0.2, -0.15) is 13.2 Å². The molecule has 0 saturated carbocycles. The summed E-state index contributed by atoms with van der Waals surface area (Å²) in [4.78, 5) is 13.1. The van der Waals surface area contributed by atoms with Gasteiger partial charge >= 0.3 is 6.18 Å². The van der Waals surface area contributed by atoms with Crippen molar-refractivity contribution in [3.63, 3.8) is 0 Å². The zero-order chi connectivity index (χ0) is 25.7. The molecule has 0 aromatic heterocycles. The third-order valence-electron chi connectivity index (χ3n) is 6.98. The highest BCUT2D eigenvalue weighted by Crippen LogP contribution is 2.46. The van der Waals surface area contributed by atoms with Crippen LogP contribution in [0, 0.1) is 0 Å². The van der Waals surface area contributed by atoms with E-state index >= 15 is 0 Å². The van der Waals surface area contributed by atoms with Crippen LogP contribution in [-0.4, -0.2) is 45.9 Å². The van der Waals surface area contributed by atoms with Crippen molar-refractivity contribution in [2.45, 2.75) is 37.5 Å². The fourth-order valence-corrected chi connectivity index (χ4v) is 6.21. The summed E-state index contributed by atoms with van der Waals surface area (Å²) in [5, 5.41) is 2.84. The van der Waals surface area contributed by atoms with Crippen LogP contribution in [0.3, 0.4) is 0 Å². The van der Waals surface area contributed by atoms with Gasteiger partial charge in [0.2, 0.25) is 15.9 Å². The summed E-state index contributed by atoms with van der Waals surface area (Å²) in [5.74, 6) is -0.424. The molecular weight excluding hydrogens is 497 g/mol. The van der Waals surface area contributed by atoms with E-state index in [2.05, 4.69) is 5.32 Å². The van der Waals surface area contributed by atoms with Gasteiger partial charge in [-0.1, -0.05) is 12.1 Å². The van der Waals surface area contributed by atoms with E-state index in [4.69, 9.17) is 9.47 Å². The van der Waals surface area contributed by atoms with Crippen LogP contribution < -0.4 is 14.4 Å². The third kappa shape index (κ3) is 4.57. The Hall–Kier alpha value is -3.05. The first kappa shape index (κ1) is 24.6. The predicted molar refractivity (Wildman–Crippen MR) is 128 cm³/mol. The number of nitrogens with zero attached hydrogens (tertiary/aromatic N) is 1. The van der Waals surface area contributed by atoms with E-state index in [0.717, 1.165) is 12.1 Å². The van der Waals surface area contributed by atoms with Crippen LogP contribution in [0.2, 0.25) is 0 Å². The molecule has 0 radical (unpaired) electrons. The first-order chi connectivity index (χ1) is 17.0. The Morgan fingerprint density at radius 3 is 2.64 bits per heavy atom. The summed E-state index contributed by atoms with van der Waals surface area (Å²) < 4.78 is 77.3. The molecule has 36 heavy (non-hydrogen) atoms. The molecule has 1 N–H and O–H groups in total. The molecule has 2 aromatic carbocycles. The summed E-state index contributed by atoms with van der Waals surface area (Å²) in [6.45, 7) is 0.834. The molecule has 1 saturated heterocycles. The molecule has 5 rings (SSSR count).